The van der Waals surface area contributed by atoms with Crippen molar-refractivity contribution >= 4 is 55.4 Å². The molecule has 5 aromatic rings. The normalized spacial score (nSPS) is 17.6. The SMILES string of the molecule is C=C/C=C/CBr.C=C/C=C/Cn1c(=O)c(=O)n2c3c(c(C)c(C)cc31)C(C)(C)CC2.Cc1cc2c3c(c1C)C(C)(C)CCN3C(=O)C(=O)C2.Cc1cc2c3c(c1C)C(C)(C)CCn3c(=O)c(=O)n2CC(O)C(O)C(O)CO. The number of halogens is 1. The van der Waals surface area contributed by atoms with Crippen LogP contribution in [0.1, 0.15) is 116 Å². The second kappa shape index (κ2) is 23.5. The Morgan fingerprint density at radius 1 is 0.610 bits per heavy atom. The van der Waals surface area contributed by atoms with Crippen molar-refractivity contribution in [2.75, 3.05) is 23.4 Å². The summed E-state index contributed by atoms with van der Waals surface area (Å²) < 4.78 is 5.94. The van der Waals surface area contributed by atoms with Gasteiger partial charge in [-0.1, -0.05) is 113 Å². The molecule has 0 radical (unpaired) electrons. The van der Waals surface area contributed by atoms with Crippen LogP contribution in [0.2, 0.25) is 0 Å². The van der Waals surface area contributed by atoms with Crippen molar-refractivity contribution in [2.24, 2.45) is 0 Å². The van der Waals surface area contributed by atoms with Crippen molar-refractivity contribution in [3.05, 3.63) is 165 Å². The van der Waals surface area contributed by atoms with Gasteiger partial charge in [0.15, 0.2) is 0 Å². The number of nitrogens with zero attached hydrogens (tertiary/aromatic N) is 5. The Bertz CT molecular complexity index is 3500. The van der Waals surface area contributed by atoms with Gasteiger partial charge in [0.2, 0.25) is 5.78 Å². The third-order valence-electron chi connectivity index (χ3n) is 16.2. The number of alkyl halides is 1. The van der Waals surface area contributed by atoms with E-state index in [9.17, 15) is 44.1 Å². The number of carbonyl (C=O) groups excluding carboxylic acids is 2. The van der Waals surface area contributed by atoms with Crippen LogP contribution in [-0.4, -0.2) is 87.2 Å². The zero-order valence-electron chi connectivity index (χ0n) is 47.0. The number of aliphatic hydroxyl groups excluding tert-OH is 4. The highest BCUT2D eigenvalue weighted by Crippen LogP contribution is 2.47. The van der Waals surface area contributed by atoms with Gasteiger partial charge in [-0.15, -0.1) is 0 Å². The Morgan fingerprint density at radius 3 is 1.53 bits per heavy atom. The number of aromatic nitrogens is 4. The maximum atomic E-state index is 12.8. The van der Waals surface area contributed by atoms with E-state index >= 15 is 0 Å². The quantitative estimate of drug-likeness (QED) is 0.0624. The van der Waals surface area contributed by atoms with Crippen molar-refractivity contribution in [3.8, 4) is 0 Å². The van der Waals surface area contributed by atoms with Gasteiger partial charge in [0, 0.05) is 37.9 Å². The van der Waals surface area contributed by atoms with Crippen molar-refractivity contribution in [1.29, 1.82) is 0 Å². The molecule has 77 heavy (non-hydrogen) atoms. The number of allylic oxidation sites excluding steroid dienone is 6. The highest BCUT2D eigenvalue weighted by molar-refractivity contribution is 9.09. The van der Waals surface area contributed by atoms with Gasteiger partial charge in [-0.2, -0.15) is 0 Å². The summed E-state index contributed by atoms with van der Waals surface area (Å²) in [5.41, 5.74) is 12.9. The van der Waals surface area contributed by atoms with Gasteiger partial charge in [-0.25, -0.2) is 0 Å². The molecule has 3 atom stereocenters. The van der Waals surface area contributed by atoms with E-state index in [0.717, 1.165) is 69.1 Å². The fraction of sp³-hybridized carbons (Fsp3) is 0.475. The molecular formula is C61H78BrN5O10. The number of aliphatic hydroxyl groups is 4. The zero-order chi connectivity index (χ0) is 57.4. The van der Waals surface area contributed by atoms with Crippen molar-refractivity contribution in [1.82, 2.24) is 18.3 Å². The average Bonchev–Trinajstić information content (AvgIpc) is 3.38. The molecule has 3 unspecified atom stereocenters. The van der Waals surface area contributed by atoms with Crippen LogP contribution in [-0.2, 0) is 58.4 Å². The third kappa shape index (κ3) is 11.5. The smallest absolute Gasteiger partial charge is 0.317 e. The third-order valence-corrected chi connectivity index (χ3v) is 16.6. The van der Waals surface area contributed by atoms with Crippen molar-refractivity contribution < 1.29 is 30.0 Å². The molecule has 414 valence electrons. The van der Waals surface area contributed by atoms with E-state index in [1.165, 1.54) is 37.0 Å². The number of aryl methyl sites for hydroxylation is 5. The summed E-state index contributed by atoms with van der Waals surface area (Å²) in [5.74, 6) is -0.603. The summed E-state index contributed by atoms with van der Waals surface area (Å²) in [5, 5.41) is 39.7. The summed E-state index contributed by atoms with van der Waals surface area (Å²) in [7, 11) is 0. The number of carbonyl (C=O) groups is 2. The molecule has 2 aromatic heterocycles. The van der Waals surface area contributed by atoms with E-state index < -0.39 is 47.2 Å². The average molecular weight is 1120 g/mol. The van der Waals surface area contributed by atoms with Gasteiger partial charge in [0.1, 0.15) is 18.3 Å². The van der Waals surface area contributed by atoms with Crippen LogP contribution in [0, 0.1) is 41.5 Å². The number of benzene rings is 3. The minimum Gasteiger partial charge on any atom is -0.394 e. The maximum Gasteiger partial charge on any atom is 0.317 e. The summed E-state index contributed by atoms with van der Waals surface area (Å²) >= 11 is 3.22. The van der Waals surface area contributed by atoms with Gasteiger partial charge >= 0.3 is 22.2 Å². The van der Waals surface area contributed by atoms with E-state index in [0.29, 0.717) is 37.2 Å². The van der Waals surface area contributed by atoms with Gasteiger partial charge in [-0.05, 0) is 145 Å². The Kier molecular flexibility index (Phi) is 18.4. The predicted octanol–water partition coefficient (Wildman–Crippen LogP) is 7.31. The fourth-order valence-electron chi connectivity index (χ4n) is 11.6. The fourth-order valence-corrected chi connectivity index (χ4v) is 11.8. The second-order valence-electron chi connectivity index (χ2n) is 22.8. The lowest BCUT2D eigenvalue weighted by Gasteiger charge is -2.43. The number of hydrogen-bond acceptors (Lipinski definition) is 10. The number of amides is 1. The van der Waals surface area contributed by atoms with Gasteiger partial charge in [0.05, 0.1) is 40.9 Å². The Balaban J connectivity index is 0.000000180. The largest absolute Gasteiger partial charge is 0.394 e. The summed E-state index contributed by atoms with van der Waals surface area (Å²) in [6.45, 7) is 33.5. The number of Topliss-reactive ketones (excluding diaryl/α,β-unsaturated/α-hetero) is 1. The van der Waals surface area contributed by atoms with E-state index in [1.807, 2.05) is 44.2 Å². The number of hydrogen-bond donors (Lipinski definition) is 4. The highest BCUT2D eigenvalue weighted by Gasteiger charge is 2.42. The first kappa shape index (κ1) is 60.2. The first-order valence-corrected chi connectivity index (χ1v) is 27.5. The first-order valence-electron chi connectivity index (χ1n) is 26.3. The van der Waals surface area contributed by atoms with E-state index in [1.54, 1.807) is 32.3 Å². The van der Waals surface area contributed by atoms with Crippen LogP contribution < -0.4 is 27.1 Å². The number of ketones is 1. The van der Waals surface area contributed by atoms with Gasteiger partial charge in [0.25, 0.3) is 5.91 Å². The summed E-state index contributed by atoms with van der Waals surface area (Å²) in [4.78, 5) is 76.4. The molecule has 4 aliphatic heterocycles. The zero-order valence-corrected chi connectivity index (χ0v) is 48.6. The topological polar surface area (TPSA) is 206 Å². The van der Waals surface area contributed by atoms with E-state index in [2.05, 4.69) is 104 Å². The lowest BCUT2D eigenvalue weighted by molar-refractivity contribution is -0.136. The molecule has 16 heteroatoms. The first-order chi connectivity index (χ1) is 36.0. The minimum absolute atomic E-state index is 0.0139. The van der Waals surface area contributed by atoms with Crippen LogP contribution in [0.25, 0.3) is 22.1 Å². The predicted molar refractivity (Wildman–Crippen MR) is 311 cm³/mol. The number of rotatable bonds is 10. The van der Waals surface area contributed by atoms with E-state index in [4.69, 9.17) is 5.11 Å². The monoisotopic (exact) mass is 1120 g/mol. The van der Waals surface area contributed by atoms with Gasteiger partial charge < -0.3 is 34.5 Å². The lowest BCUT2D eigenvalue weighted by atomic mass is 9.72. The molecule has 6 heterocycles. The molecule has 4 aliphatic rings. The molecule has 0 spiro atoms. The summed E-state index contributed by atoms with van der Waals surface area (Å²) in [6.07, 6.45) is 8.97. The van der Waals surface area contributed by atoms with Gasteiger partial charge in [-0.3, -0.25) is 37.9 Å². The Hall–Kier alpha value is -6.04. The molecule has 15 nitrogen and oxygen atoms in total. The molecule has 1 amide bonds. The molecule has 3 aromatic carbocycles. The van der Waals surface area contributed by atoms with Crippen LogP contribution in [0.4, 0.5) is 5.69 Å². The molecule has 4 N–H and O–H groups in total. The molecule has 0 fully saturated rings. The Labute approximate surface area is 459 Å². The summed E-state index contributed by atoms with van der Waals surface area (Å²) in [6, 6.07) is 5.93. The van der Waals surface area contributed by atoms with Crippen LogP contribution in [0.3, 0.4) is 0 Å². The Morgan fingerprint density at radius 2 is 1.05 bits per heavy atom. The minimum atomic E-state index is -1.65. The van der Waals surface area contributed by atoms with E-state index in [-0.39, 0.29) is 40.9 Å². The molecule has 9 rings (SSSR count). The lowest BCUT2D eigenvalue weighted by Crippen LogP contribution is -2.48. The van der Waals surface area contributed by atoms with Crippen molar-refractivity contribution in [2.45, 2.75) is 170 Å². The molecule has 0 saturated carbocycles. The molecular weight excluding hydrogens is 1040 g/mol. The maximum absolute atomic E-state index is 12.8. The van der Waals surface area contributed by atoms with Crippen LogP contribution >= 0.6 is 15.9 Å². The van der Waals surface area contributed by atoms with Crippen molar-refractivity contribution in [3.63, 3.8) is 0 Å². The molecule has 0 bridgehead atoms. The molecule has 0 saturated heterocycles. The number of anilines is 1. The highest BCUT2D eigenvalue weighted by atomic mass is 79.9. The standard InChI is InChI=1S/C20H28N2O6.C20H24N2O2.C16H19NO2.C5H7Br/c1-10-7-12-16-15(11(10)2)20(3,4)5-6-21(16)18(27)19(28)22(12)8-13(24)17(26)14(25)9-23;1-6-7-8-10-21-15-12-13(2)14(3)16-17(15)22(19(24)18(21)23)11-9-20(16,4)5;1-9-7-11-8-12(18)15(19)17-6-5-16(3,4)13(10(9)2)14(11)17;1-2-3-4-5-6/h7,13-14,17,23-26H,5-6,8-9H2,1-4H3;6-8,12H,1,9-11H2,2-5H3;7H,5-6,8H2,1-4H3;2-4H,1,5H2/b;8-7+;;4-3+. The van der Waals surface area contributed by atoms with Crippen LogP contribution in [0.15, 0.2) is 87.0 Å². The second-order valence-corrected chi connectivity index (χ2v) is 23.5. The molecule has 0 aliphatic carbocycles. The van der Waals surface area contributed by atoms with Crippen LogP contribution in [0.5, 0.6) is 0 Å².